The maximum absolute atomic E-state index is 12.9. The zero-order valence-corrected chi connectivity index (χ0v) is 16.7. The van der Waals surface area contributed by atoms with E-state index in [2.05, 4.69) is 10.3 Å². The van der Waals surface area contributed by atoms with Gasteiger partial charge in [-0.05, 0) is 69.2 Å². The number of benzene rings is 1. The summed E-state index contributed by atoms with van der Waals surface area (Å²) in [7, 11) is 1.34. The Morgan fingerprint density at radius 1 is 1.07 bits per heavy atom. The van der Waals surface area contributed by atoms with Crippen molar-refractivity contribution in [1.82, 2.24) is 9.55 Å². The number of rotatable bonds is 4. The van der Waals surface area contributed by atoms with Gasteiger partial charge in [0, 0.05) is 23.3 Å². The number of pyridine rings is 1. The van der Waals surface area contributed by atoms with Gasteiger partial charge in [-0.2, -0.15) is 0 Å². The molecule has 6 heteroatoms. The van der Waals surface area contributed by atoms with Crippen LogP contribution in [0, 0.1) is 27.7 Å². The molecule has 3 rings (SSSR count). The average molecular weight is 377 g/mol. The molecule has 6 nitrogen and oxygen atoms in total. The van der Waals surface area contributed by atoms with E-state index in [1.807, 2.05) is 56.5 Å². The number of hydrogen-bond donors (Lipinski definition) is 1. The number of carbonyl (C=O) groups excluding carboxylic acids is 2. The molecule has 0 aliphatic carbocycles. The molecule has 0 radical (unpaired) electrons. The van der Waals surface area contributed by atoms with Gasteiger partial charge in [-0.25, -0.2) is 4.79 Å². The largest absolute Gasteiger partial charge is 0.465 e. The van der Waals surface area contributed by atoms with E-state index < -0.39 is 5.97 Å². The molecule has 0 bridgehead atoms. The normalized spacial score (nSPS) is 10.6. The first kappa shape index (κ1) is 19.4. The topological polar surface area (TPSA) is 73.2 Å². The Labute approximate surface area is 164 Å². The summed E-state index contributed by atoms with van der Waals surface area (Å²) in [5.41, 5.74) is 5.96. The van der Waals surface area contributed by atoms with Crippen molar-refractivity contribution in [2.24, 2.45) is 0 Å². The van der Waals surface area contributed by atoms with Gasteiger partial charge in [0.05, 0.1) is 30.1 Å². The predicted octanol–water partition coefficient (Wildman–Crippen LogP) is 4.14. The van der Waals surface area contributed by atoms with Gasteiger partial charge >= 0.3 is 5.97 Å². The Balaban J connectivity index is 1.95. The Kier molecular flexibility index (Phi) is 5.31. The fourth-order valence-corrected chi connectivity index (χ4v) is 3.33. The second kappa shape index (κ2) is 7.68. The van der Waals surface area contributed by atoms with E-state index >= 15 is 0 Å². The first-order valence-electron chi connectivity index (χ1n) is 8.93. The molecule has 2 heterocycles. The van der Waals surface area contributed by atoms with Crippen molar-refractivity contribution in [2.75, 3.05) is 12.4 Å². The SMILES string of the molecule is COC(=O)c1cc(NC(=O)c2cc(C)n(-c3cccnc3)c2C)cc(C)c1C. The summed E-state index contributed by atoms with van der Waals surface area (Å²) in [6.45, 7) is 7.59. The number of nitrogens with zero attached hydrogens (tertiary/aromatic N) is 2. The molecule has 0 spiro atoms. The number of nitrogens with one attached hydrogen (secondary N) is 1. The minimum Gasteiger partial charge on any atom is -0.465 e. The average Bonchev–Trinajstić information content (AvgIpc) is 2.98. The lowest BCUT2D eigenvalue weighted by Gasteiger charge is -2.12. The van der Waals surface area contributed by atoms with Gasteiger partial charge in [0.1, 0.15) is 0 Å². The smallest absolute Gasteiger partial charge is 0.338 e. The van der Waals surface area contributed by atoms with Crippen LogP contribution in [-0.4, -0.2) is 28.5 Å². The molecule has 0 unspecified atom stereocenters. The van der Waals surface area contributed by atoms with Crippen LogP contribution in [0.2, 0.25) is 0 Å². The zero-order valence-electron chi connectivity index (χ0n) is 16.7. The van der Waals surface area contributed by atoms with Gasteiger partial charge in [-0.15, -0.1) is 0 Å². The lowest BCUT2D eigenvalue weighted by Crippen LogP contribution is -2.14. The number of anilines is 1. The number of hydrogen-bond acceptors (Lipinski definition) is 4. The molecule has 0 aliphatic heterocycles. The minimum absolute atomic E-state index is 0.234. The van der Waals surface area contributed by atoms with Crippen LogP contribution < -0.4 is 5.32 Å². The quantitative estimate of drug-likeness (QED) is 0.694. The van der Waals surface area contributed by atoms with E-state index in [0.29, 0.717) is 16.8 Å². The molecule has 144 valence electrons. The van der Waals surface area contributed by atoms with Gasteiger partial charge in [-0.3, -0.25) is 9.78 Å². The molecular weight excluding hydrogens is 354 g/mol. The van der Waals surface area contributed by atoms with Crippen molar-refractivity contribution in [2.45, 2.75) is 27.7 Å². The third-order valence-corrected chi connectivity index (χ3v) is 4.91. The summed E-state index contributed by atoms with van der Waals surface area (Å²) < 4.78 is 6.83. The summed E-state index contributed by atoms with van der Waals surface area (Å²) in [5, 5.41) is 2.90. The summed E-state index contributed by atoms with van der Waals surface area (Å²) in [5.74, 6) is -0.659. The van der Waals surface area contributed by atoms with Crippen LogP contribution in [0.5, 0.6) is 0 Å². The minimum atomic E-state index is -0.425. The summed E-state index contributed by atoms with van der Waals surface area (Å²) in [6.07, 6.45) is 3.47. The van der Waals surface area contributed by atoms with E-state index in [1.165, 1.54) is 7.11 Å². The van der Waals surface area contributed by atoms with Gasteiger partial charge < -0.3 is 14.6 Å². The highest BCUT2D eigenvalue weighted by molar-refractivity contribution is 6.06. The third-order valence-electron chi connectivity index (χ3n) is 4.91. The Morgan fingerprint density at radius 2 is 1.82 bits per heavy atom. The Morgan fingerprint density at radius 3 is 2.46 bits per heavy atom. The number of aryl methyl sites for hydroxylation is 2. The monoisotopic (exact) mass is 377 g/mol. The van der Waals surface area contributed by atoms with Crippen molar-refractivity contribution in [3.8, 4) is 5.69 Å². The summed E-state index contributed by atoms with van der Waals surface area (Å²) in [4.78, 5) is 29.1. The first-order chi connectivity index (χ1) is 13.3. The van der Waals surface area contributed by atoms with E-state index in [4.69, 9.17) is 4.74 Å². The molecule has 3 aromatic rings. The molecule has 28 heavy (non-hydrogen) atoms. The number of ether oxygens (including phenoxy) is 1. The molecule has 0 fully saturated rings. The van der Waals surface area contributed by atoms with Crippen LogP contribution >= 0.6 is 0 Å². The van der Waals surface area contributed by atoms with Gasteiger partial charge in [-0.1, -0.05) is 0 Å². The van der Waals surface area contributed by atoms with E-state index in [-0.39, 0.29) is 5.91 Å². The maximum Gasteiger partial charge on any atom is 0.338 e. The standard InChI is InChI=1S/C22H23N3O3/c1-13-9-17(11-19(15(13)3)22(27)28-5)24-21(26)20-10-14(2)25(16(20)4)18-7-6-8-23-12-18/h6-12H,1-5H3,(H,24,26). The fraction of sp³-hybridized carbons (Fsp3) is 0.227. The Hall–Kier alpha value is -3.41. The first-order valence-corrected chi connectivity index (χ1v) is 8.93. The van der Waals surface area contributed by atoms with Crippen molar-refractivity contribution < 1.29 is 14.3 Å². The molecule has 0 saturated carbocycles. The summed E-state index contributed by atoms with van der Waals surface area (Å²) in [6, 6.07) is 9.14. The van der Waals surface area contributed by atoms with Gasteiger partial charge in [0.25, 0.3) is 5.91 Å². The molecule has 1 amide bonds. The Bertz CT molecular complexity index is 1050. The zero-order chi connectivity index (χ0) is 20.4. The van der Waals surface area contributed by atoms with Crippen LogP contribution in [0.4, 0.5) is 5.69 Å². The lowest BCUT2D eigenvalue weighted by atomic mass is 10.0. The lowest BCUT2D eigenvalue weighted by molar-refractivity contribution is 0.0599. The number of methoxy groups -OCH3 is 1. The molecule has 0 saturated heterocycles. The predicted molar refractivity (Wildman–Crippen MR) is 108 cm³/mol. The number of aromatic nitrogens is 2. The molecule has 1 aromatic carbocycles. The van der Waals surface area contributed by atoms with Crippen molar-refractivity contribution in [3.63, 3.8) is 0 Å². The van der Waals surface area contributed by atoms with Gasteiger partial charge in [0.15, 0.2) is 0 Å². The molecule has 0 atom stereocenters. The number of esters is 1. The van der Waals surface area contributed by atoms with Crippen LogP contribution in [-0.2, 0) is 4.74 Å². The van der Waals surface area contributed by atoms with E-state index in [9.17, 15) is 9.59 Å². The summed E-state index contributed by atoms with van der Waals surface area (Å²) >= 11 is 0. The van der Waals surface area contributed by atoms with Crippen molar-refractivity contribution in [3.05, 3.63) is 76.4 Å². The van der Waals surface area contributed by atoms with Crippen LogP contribution in [0.3, 0.4) is 0 Å². The fourth-order valence-electron chi connectivity index (χ4n) is 3.33. The molecule has 1 N–H and O–H groups in total. The third kappa shape index (κ3) is 3.53. The molecule has 2 aromatic heterocycles. The number of amides is 1. The van der Waals surface area contributed by atoms with Gasteiger partial charge in [0.2, 0.25) is 0 Å². The second-order valence-electron chi connectivity index (χ2n) is 6.74. The molecular formula is C22H23N3O3. The highest BCUT2D eigenvalue weighted by Gasteiger charge is 2.19. The van der Waals surface area contributed by atoms with Crippen LogP contribution in [0.1, 0.15) is 43.2 Å². The maximum atomic E-state index is 12.9. The van der Waals surface area contributed by atoms with E-state index in [1.54, 1.807) is 18.5 Å². The van der Waals surface area contributed by atoms with Crippen LogP contribution in [0.15, 0.2) is 42.7 Å². The highest BCUT2D eigenvalue weighted by Crippen LogP contribution is 2.24. The van der Waals surface area contributed by atoms with Crippen molar-refractivity contribution in [1.29, 1.82) is 0 Å². The van der Waals surface area contributed by atoms with E-state index in [0.717, 1.165) is 28.2 Å². The highest BCUT2D eigenvalue weighted by atomic mass is 16.5. The van der Waals surface area contributed by atoms with Crippen LogP contribution in [0.25, 0.3) is 5.69 Å². The molecule has 0 aliphatic rings. The number of carbonyl (C=O) groups is 2. The van der Waals surface area contributed by atoms with Crippen molar-refractivity contribution >= 4 is 17.6 Å². The second-order valence-corrected chi connectivity index (χ2v) is 6.74.